The third kappa shape index (κ3) is 4.65. The van der Waals surface area contributed by atoms with Crippen LogP contribution in [0.5, 0.6) is 0 Å². The van der Waals surface area contributed by atoms with Crippen molar-refractivity contribution in [2.45, 2.75) is 49.2 Å². The zero-order valence-corrected chi connectivity index (χ0v) is 13.0. The number of rotatable bonds is 8. The van der Waals surface area contributed by atoms with Gasteiger partial charge in [0, 0.05) is 12.2 Å². The fourth-order valence-corrected chi connectivity index (χ4v) is 2.87. The van der Waals surface area contributed by atoms with Crippen LogP contribution in [0.3, 0.4) is 0 Å². The Morgan fingerprint density at radius 2 is 2.35 bits per heavy atom. The fraction of sp³-hybridized carbons (Fsp3) is 0.571. The van der Waals surface area contributed by atoms with Crippen molar-refractivity contribution in [1.82, 2.24) is 10.3 Å². The normalized spacial score (nSPS) is 17.7. The van der Waals surface area contributed by atoms with Gasteiger partial charge in [0.25, 0.3) is 0 Å². The van der Waals surface area contributed by atoms with E-state index in [1.165, 1.54) is 0 Å². The highest BCUT2D eigenvalue weighted by Gasteiger charge is 2.37. The average Bonchev–Trinajstić information content (AvgIpc) is 3.20. The average molecular weight is 315 g/mol. The number of halogens is 1. The first-order valence-electron chi connectivity index (χ1n) is 6.75. The molecule has 4 nitrogen and oxygen atoms in total. The molecule has 1 aliphatic rings. The molecule has 0 radical (unpaired) electrons. The minimum atomic E-state index is -0.810. The number of pyridine rings is 1. The highest BCUT2D eigenvalue weighted by molar-refractivity contribution is 7.99. The topological polar surface area (TPSA) is 62.2 Å². The molecule has 0 amide bonds. The van der Waals surface area contributed by atoms with Gasteiger partial charge in [-0.25, -0.2) is 4.98 Å². The lowest BCUT2D eigenvalue weighted by Gasteiger charge is -2.26. The van der Waals surface area contributed by atoms with Crippen molar-refractivity contribution < 1.29 is 9.90 Å². The minimum Gasteiger partial charge on any atom is -0.480 e. The lowest BCUT2D eigenvalue weighted by molar-refractivity contribution is -0.144. The first-order chi connectivity index (χ1) is 9.49. The summed E-state index contributed by atoms with van der Waals surface area (Å²) >= 11 is 7.40. The molecule has 2 N–H and O–H groups in total. The van der Waals surface area contributed by atoms with Crippen LogP contribution in [0.4, 0.5) is 0 Å². The van der Waals surface area contributed by atoms with Gasteiger partial charge < -0.3 is 5.11 Å². The van der Waals surface area contributed by atoms with Crippen LogP contribution >= 0.6 is 23.4 Å². The predicted octanol–water partition coefficient (Wildman–Crippen LogP) is 3.20. The number of carbonyl (C=O) groups is 1. The predicted molar refractivity (Wildman–Crippen MR) is 81.4 cm³/mol. The van der Waals surface area contributed by atoms with E-state index in [9.17, 15) is 9.90 Å². The summed E-state index contributed by atoms with van der Waals surface area (Å²) in [5, 5.41) is 14.1. The molecule has 2 rings (SSSR count). The van der Waals surface area contributed by atoms with Crippen LogP contribution in [0, 0.1) is 0 Å². The Morgan fingerprint density at radius 3 is 2.90 bits per heavy atom. The van der Waals surface area contributed by atoms with Gasteiger partial charge in [0.1, 0.15) is 5.54 Å². The van der Waals surface area contributed by atoms with Gasteiger partial charge in [-0.1, -0.05) is 11.6 Å². The Kier molecular flexibility index (Phi) is 5.29. The van der Waals surface area contributed by atoms with E-state index >= 15 is 0 Å². The van der Waals surface area contributed by atoms with Crippen LogP contribution in [-0.4, -0.2) is 33.4 Å². The van der Waals surface area contributed by atoms with Crippen LogP contribution in [0.25, 0.3) is 0 Å². The molecular weight excluding hydrogens is 296 g/mol. The van der Waals surface area contributed by atoms with E-state index in [0.29, 0.717) is 17.5 Å². The minimum absolute atomic E-state index is 0.390. The molecule has 20 heavy (non-hydrogen) atoms. The zero-order chi connectivity index (χ0) is 14.6. The summed E-state index contributed by atoms with van der Waals surface area (Å²) in [6, 6.07) is 4.08. The van der Waals surface area contributed by atoms with E-state index < -0.39 is 11.5 Å². The lowest BCUT2D eigenvalue weighted by Crippen LogP contribution is -2.50. The first kappa shape index (κ1) is 15.6. The van der Waals surface area contributed by atoms with Gasteiger partial charge in [-0.05, 0) is 50.5 Å². The van der Waals surface area contributed by atoms with Crippen LogP contribution < -0.4 is 5.32 Å². The van der Waals surface area contributed by atoms with Crippen molar-refractivity contribution in [3.8, 4) is 0 Å². The van der Waals surface area contributed by atoms with Crippen molar-refractivity contribution >= 4 is 29.3 Å². The molecule has 1 aromatic heterocycles. The van der Waals surface area contributed by atoms with Crippen molar-refractivity contribution in [2.75, 3.05) is 5.75 Å². The van der Waals surface area contributed by atoms with Gasteiger partial charge in [0.15, 0.2) is 0 Å². The van der Waals surface area contributed by atoms with Crippen LogP contribution in [0.1, 0.15) is 32.6 Å². The molecule has 1 fully saturated rings. The highest BCUT2D eigenvalue weighted by Crippen LogP contribution is 2.26. The van der Waals surface area contributed by atoms with Gasteiger partial charge >= 0.3 is 5.97 Å². The van der Waals surface area contributed by atoms with Crippen molar-refractivity contribution in [3.63, 3.8) is 0 Å². The summed E-state index contributed by atoms with van der Waals surface area (Å²) in [4.78, 5) is 15.6. The number of aliphatic carboxylic acids is 1. The Morgan fingerprint density at radius 1 is 1.60 bits per heavy atom. The Balaban J connectivity index is 1.75. The SMILES string of the molecule is CC(CCCSc1ccc(Cl)cn1)(NC1CC1)C(=O)O. The molecule has 1 unspecified atom stereocenters. The summed E-state index contributed by atoms with van der Waals surface area (Å²) in [7, 11) is 0. The Bertz CT molecular complexity index is 465. The lowest BCUT2D eigenvalue weighted by atomic mass is 9.96. The summed E-state index contributed by atoms with van der Waals surface area (Å²) in [6.07, 6.45) is 5.26. The Hall–Kier alpha value is -0.780. The third-order valence-corrected chi connectivity index (χ3v) is 4.60. The van der Waals surface area contributed by atoms with Gasteiger partial charge in [0.2, 0.25) is 0 Å². The molecule has 0 spiro atoms. The second-order valence-corrected chi connectivity index (χ2v) is 6.87. The smallest absolute Gasteiger partial charge is 0.323 e. The van der Waals surface area contributed by atoms with Crippen LogP contribution in [-0.2, 0) is 4.79 Å². The zero-order valence-electron chi connectivity index (χ0n) is 11.4. The highest BCUT2D eigenvalue weighted by atomic mass is 35.5. The molecule has 1 aromatic rings. The molecule has 0 aliphatic heterocycles. The summed E-state index contributed by atoms with van der Waals surface area (Å²) in [5.41, 5.74) is -0.810. The molecule has 6 heteroatoms. The number of nitrogens with zero attached hydrogens (tertiary/aromatic N) is 1. The number of aromatic nitrogens is 1. The van der Waals surface area contributed by atoms with Gasteiger partial charge in [-0.15, -0.1) is 11.8 Å². The summed E-state index contributed by atoms with van der Waals surface area (Å²) in [5.74, 6) is 0.0862. The van der Waals surface area contributed by atoms with Crippen molar-refractivity contribution in [3.05, 3.63) is 23.4 Å². The molecule has 0 aromatic carbocycles. The fourth-order valence-electron chi connectivity index (χ4n) is 1.97. The van der Waals surface area contributed by atoms with E-state index in [0.717, 1.165) is 30.0 Å². The summed E-state index contributed by atoms with van der Waals surface area (Å²) < 4.78 is 0. The molecular formula is C14H19ClN2O2S. The number of carboxylic acids is 1. The maximum absolute atomic E-state index is 11.4. The first-order valence-corrected chi connectivity index (χ1v) is 8.11. The monoisotopic (exact) mass is 314 g/mol. The number of nitrogens with one attached hydrogen (secondary N) is 1. The summed E-state index contributed by atoms with van der Waals surface area (Å²) in [6.45, 7) is 1.78. The quantitative estimate of drug-likeness (QED) is 0.570. The van der Waals surface area contributed by atoms with Gasteiger partial charge in [-0.3, -0.25) is 10.1 Å². The van der Waals surface area contributed by atoms with E-state index in [1.54, 1.807) is 24.9 Å². The largest absolute Gasteiger partial charge is 0.480 e. The molecule has 1 aliphatic carbocycles. The third-order valence-electron chi connectivity index (χ3n) is 3.34. The van der Waals surface area contributed by atoms with Crippen molar-refractivity contribution in [2.24, 2.45) is 0 Å². The van der Waals surface area contributed by atoms with Gasteiger partial charge in [0.05, 0.1) is 10.0 Å². The van der Waals surface area contributed by atoms with E-state index in [1.807, 2.05) is 12.1 Å². The van der Waals surface area contributed by atoms with E-state index in [-0.39, 0.29) is 0 Å². The van der Waals surface area contributed by atoms with Crippen LogP contribution in [0.2, 0.25) is 5.02 Å². The number of hydrogen-bond acceptors (Lipinski definition) is 4. The van der Waals surface area contributed by atoms with Gasteiger partial charge in [-0.2, -0.15) is 0 Å². The Labute approximate surface area is 128 Å². The molecule has 1 atom stereocenters. The molecule has 110 valence electrons. The molecule has 0 bridgehead atoms. The van der Waals surface area contributed by atoms with E-state index in [4.69, 9.17) is 11.6 Å². The molecule has 0 saturated heterocycles. The standard InChI is InChI=1S/C14H19ClN2O2S/c1-14(13(18)19,17-11-4-5-11)7-2-8-20-12-6-3-10(15)9-16-12/h3,6,9,11,17H,2,4-5,7-8H2,1H3,(H,18,19). The molecule has 1 saturated carbocycles. The van der Waals surface area contributed by atoms with Crippen LogP contribution in [0.15, 0.2) is 23.4 Å². The van der Waals surface area contributed by atoms with Crippen molar-refractivity contribution in [1.29, 1.82) is 0 Å². The number of hydrogen-bond donors (Lipinski definition) is 2. The second kappa shape index (κ2) is 6.78. The molecule has 1 heterocycles. The maximum atomic E-state index is 11.4. The number of thioether (sulfide) groups is 1. The number of carboxylic acid groups (broad SMARTS) is 1. The maximum Gasteiger partial charge on any atom is 0.323 e. The van der Waals surface area contributed by atoms with E-state index in [2.05, 4.69) is 10.3 Å². The second-order valence-electron chi connectivity index (χ2n) is 5.32.